The van der Waals surface area contributed by atoms with E-state index in [9.17, 15) is 4.39 Å². The Morgan fingerprint density at radius 2 is 2.07 bits per heavy atom. The van der Waals surface area contributed by atoms with Gasteiger partial charge >= 0.3 is 0 Å². The number of benzene rings is 1. The molecule has 14 heavy (non-hydrogen) atoms. The SMILES string of the molecule is Fc1cccc2c1C1(CCC1)CCN2. The van der Waals surface area contributed by atoms with Gasteiger partial charge in [-0.05, 0) is 31.4 Å². The van der Waals surface area contributed by atoms with Crippen molar-refractivity contribution in [1.29, 1.82) is 0 Å². The molecule has 3 rings (SSSR count). The molecule has 0 saturated heterocycles. The van der Waals surface area contributed by atoms with Crippen LogP contribution in [0.4, 0.5) is 10.1 Å². The van der Waals surface area contributed by atoms with Crippen molar-refractivity contribution in [2.45, 2.75) is 31.1 Å². The van der Waals surface area contributed by atoms with Crippen LogP contribution in [0.2, 0.25) is 0 Å². The molecule has 1 aromatic rings. The monoisotopic (exact) mass is 191 g/mol. The molecule has 1 fully saturated rings. The Morgan fingerprint density at radius 3 is 2.79 bits per heavy atom. The van der Waals surface area contributed by atoms with Gasteiger partial charge in [0.15, 0.2) is 0 Å². The van der Waals surface area contributed by atoms with Crippen LogP contribution in [0.5, 0.6) is 0 Å². The molecule has 1 nitrogen and oxygen atoms in total. The van der Waals surface area contributed by atoms with Gasteiger partial charge in [-0.25, -0.2) is 4.39 Å². The third-order valence-corrected chi connectivity index (χ3v) is 3.77. The number of hydrogen-bond donors (Lipinski definition) is 1. The fourth-order valence-corrected chi connectivity index (χ4v) is 2.88. The maximum atomic E-state index is 13.7. The van der Waals surface area contributed by atoms with Crippen molar-refractivity contribution < 1.29 is 4.39 Å². The minimum atomic E-state index is -0.0191. The van der Waals surface area contributed by atoms with Crippen molar-refractivity contribution in [3.8, 4) is 0 Å². The van der Waals surface area contributed by atoms with Gasteiger partial charge in [0.25, 0.3) is 0 Å². The van der Waals surface area contributed by atoms with Crippen molar-refractivity contribution in [2.75, 3.05) is 11.9 Å². The molecule has 2 heteroatoms. The summed E-state index contributed by atoms with van der Waals surface area (Å²) >= 11 is 0. The smallest absolute Gasteiger partial charge is 0.129 e. The number of hydrogen-bond acceptors (Lipinski definition) is 1. The maximum Gasteiger partial charge on any atom is 0.129 e. The molecule has 1 aliphatic carbocycles. The third kappa shape index (κ3) is 0.941. The molecule has 74 valence electrons. The quantitative estimate of drug-likeness (QED) is 0.664. The summed E-state index contributed by atoms with van der Waals surface area (Å²) in [6.45, 7) is 0.996. The van der Waals surface area contributed by atoms with Gasteiger partial charge in [-0.2, -0.15) is 0 Å². The first kappa shape index (κ1) is 8.27. The van der Waals surface area contributed by atoms with Gasteiger partial charge in [0.05, 0.1) is 0 Å². The summed E-state index contributed by atoms with van der Waals surface area (Å²) in [7, 11) is 0. The normalized spacial score (nSPS) is 22.4. The van der Waals surface area contributed by atoms with Gasteiger partial charge < -0.3 is 5.32 Å². The average molecular weight is 191 g/mol. The van der Waals surface area contributed by atoms with Crippen LogP contribution in [0.1, 0.15) is 31.2 Å². The second kappa shape index (κ2) is 2.72. The van der Waals surface area contributed by atoms with Crippen LogP contribution in [-0.4, -0.2) is 6.54 Å². The van der Waals surface area contributed by atoms with Gasteiger partial charge in [-0.15, -0.1) is 0 Å². The van der Waals surface area contributed by atoms with E-state index in [1.54, 1.807) is 12.1 Å². The Hall–Kier alpha value is -1.05. The lowest BCUT2D eigenvalue weighted by atomic mass is 9.61. The highest BCUT2D eigenvalue weighted by molar-refractivity contribution is 5.58. The molecule has 1 spiro atoms. The van der Waals surface area contributed by atoms with Gasteiger partial charge in [0, 0.05) is 23.2 Å². The molecule has 0 aromatic heterocycles. The first-order chi connectivity index (χ1) is 6.82. The van der Waals surface area contributed by atoms with Gasteiger partial charge in [0.2, 0.25) is 0 Å². The van der Waals surface area contributed by atoms with E-state index in [4.69, 9.17) is 0 Å². The van der Waals surface area contributed by atoms with Crippen LogP contribution in [0.15, 0.2) is 18.2 Å². The molecule has 1 saturated carbocycles. The summed E-state index contributed by atoms with van der Waals surface area (Å²) in [6, 6.07) is 5.38. The molecule has 1 aliphatic heterocycles. The molecule has 1 heterocycles. The highest BCUT2D eigenvalue weighted by Crippen LogP contribution is 2.51. The molecule has 0 unspecified atom stereocenters. The van der Waals surface area contributed by atoms with Crippen molar-refractivity contribution in [2.24, 2.45) is 0 Å². The van der Waals surface area contributed by atoms with Crippen molar-refractivity contribution in [3.63, 3.8) is 0 Å². The Labute approximate surface area is 83.3 Å². The predicted molar refractivity (Wildman–Crippen MR) is 55.0 cm³/mol. The zero-order chi connectivity index (χ0) is 9.60. The van der Waals surface area contributed by atoms with Gasteiger partial charge in [-0.3, -0.25) is 0 Å². The predicted octanol–water partition coefficient (Wildman–Crippen LogP) is 3.06. The number of halogens is 1. The van der Waals surface area contributed by atoms with Crippen LogP contribution in [0.3, 0.4) is 0 Å². The van der Waals surface area contributed by atoms with Crippen molar-refractivity contribution in [1.82, 2.24) is 0 Å². The lowest BCUT2D eigenvalue weighted by Gasteiger charge is -2.46. The summed E-state index contributed by atoms with van der Waals surface area (Å²) < 4.78 is 13.7. The summed E-state index contributed by atoms with van der Waals surface area (Å²) in [5.41, 5.74) is 2.17. The lowest BCUT2D eigenvalue weighted by Crippen LogP contribution is -2.40. The van der Waals surface area contributed by atoms with Crippen LogP contribution in [0, 0.1) is 5.82 Å². The summed E-state index contributed by atoms with van der Waals surface area (Å²) in [5.74, 6) is -0.0191. The van der Waals surface area contributed by atoms with E-state index in [-0.39, 0.29) is 11.2 Å². The highest BCUT2D eigenvalue weighted by atomic mass is 19.1. The Morgan fingerprint density at radius 1 is 1.21 bits per heavy atom. The fraction of sp³-hybridized carbons (Fsp3) is 0.500. The minimum absolute atomic E-state index is 0.0191. The zero-order valence-electron chi connectivity index (χ0n) is 8.15. The molecular formula is C12H14FN. The second-order valence-electron chi connectivity index (χ2n) is 4.47. The van der Waals surface area contributed by atoms with E-state index in [1.165, 1.54) is 19.3 Å². The van der Waals surface area contributed by atoms with Crippen molar-refractivity contribution in [3.05, 3.63) is 29.6 Å². The van der Waals surface area contributed by atoms with Crippen LogP contribution < -0.4 is 5.32 Å². The minimum Gasteiger partial charge on any atom is -0.385 e. The third-order valence-electron chi connectivity index (χ3n) is 3.77. The fourth-order valence-electron chi connectivity index (χ4n) is 2.88. The Kier molecular flexibility index (Phi) is 1.61. The average Bonchev–Trinajstić information content (AvgIpc) is 2.15. The largest absolute Gasteiger partial charge is 0.385 e. The van der Waals surface area contributed by atoms with Gasteiger partial charge in [-0.1, -0.05) is 12.5 Å². The molecule has 0 amide bonds. The molecule has 0 radical (unpaired) electrons. The molecular weight excluding hydrogens is 177 g/mol. The number of nitrogens with one attached hydrogen (secondary N) is 1. The lowest BCUT2D eigenvalue weighted by molar-refractivity contribution is 0.219. The first-order valence-corrected chi connectivity index (χ1v) is 5.35. The number of anilines is 1. The maximum absolute atomic E-state index is 13.7. The topological polar surface area (TPSA) is 12.0 Å². The Balaban J connectivity index is 2.17. The van der Waals surface area contributed by atoms with E-state index < -0.39 is 0 Å². The number of fused-ring (bicyclic) bond motifs is 2. The van der Waals surface area contributed by atoms with Crippen molar-refractivity contribution >= 4 is 5.69 Å². The van der Waals surface area contributed by atoms with E-state index in [0.717, 1.165) is 24.2 Å². The molecule has 0 bridgehead atoms. The molecule has 1 aromatic carbocycles. The molecule has 1 N–H and O–H groups in total. The second-order valence-corrected chi connectivity index (χ2v) is 4.47. The summed E-state index contributed by atoms with van der Waals surface area (Å²) in [4.78, 5) is 0. The Bertz CT molecular complexity index is 369. The van der Waals surface area contributed by atoms with Gasteiger partial charge in [0.1, 0.15) is 5.82 Å². The van der Waals surface area contributed by atoms with Crippen LogP contribution in [-0.2, 0) is 5.41 Å². The van der Waals surface area contributed by atoms with E-state index in [1.807, 2.05) is 6.07 Å². The van der Waals surface area contributed by atoms with E-state index in [2.05, 4.69) is 5.32 Å². The van der Waals surface area contributed by atoms with Crippen LogP contribution in [0.25, 0.3) is 0 Å². The van der Waals surface area contributed by atoms with Crippen LogP contribution >= 0.6 is 0 Å². The summed E-state index contributed by atoms with van der Waals surface area (Å²) in [5, 5.41) is 3.29. The van der Waals surface area contributed by atoms with E-state index in [0.29, 0.717) is 0 Å². The molecule has 0 atom stereocenters. The zero-order valence-corrected chi connectivity index (χ0v) is 8.15. The summed E-state index contributed by atoms with van der Waals surface area (Å²) in [6.07, 6.45) is 4.69. The number of rotatable bonds is 0. The highest BCUT2D eigenvalue weighted by Gasteiger charge is 2.43. The first-order valence-electron chi connectivity index (χ1n) is 5.35. The standard InChI is InChI=1S/C12H14FN/c13-9-3-1-4-10-11(9)12(5-2-6-12)7-8-14-10/h1,3-4,14H,2,5-8H2. The molecule has 2 aliphatic rings. The van der Waals surface area contributed by atoms with E-state index >= 15 is 0 Å².